The Morgan fingerprint density at radius 3 is 2.45 bits per heavy atom. The van der Waals surface area contributed by atoms with Crippen LogP contribution in [0.4, 0.5) is 0 Å². The smallest absolute Gasteiger partial charge is 0.243 e. The van der Waals surface area contributed by atoms with Crippen molar-refractivity contribution in [2.24, 2.45) is 0 Å². The second kappa shape index (κ2) is 9.77. The van der Waals surface area contributed by atoms with Crippen molar-refractivity contribution in [3.05, 3.63) is 18.2 Å². The number of hydrogen-bond acceptors (Lipinski definition) is 6. The van der Waals surface area contributed by atoms with Gasteiger partial charge in [0.25, 0.3) is 0 Å². The van der Waals surface area contributed by atoms with Crippen LogP contribution in [0.1, 0.15) is 26.7 Å². The lowest BCUT2D eigenvalue weighted by atomic mass is 10.3. The third-order valence-electron chi connectivity index (χ3n) is 5.38. The Kier molecular flexibility index (Phi) is 7.37. The maximum absolute atomic E-state index is 13.2. The fraction of sp³-hybridized carbons (Fsp3) is 0.650. The number of sulfonamides is 1. The molecule has 0 aliphatic carbocycles. The largest absolute Gasteiger partial charge is 0.490 e. The van der Waals surface area contributed by atoms with Crippen LogP contribution in [0.3, 0.4) is 0 Å². The molecule has 1 saturated heterocycles. The summed E-state index contributed by atoms with van der Waals surface area (Å²) < 4.78 is 39.1. The summed E-state index contributed by atoms with van der Waals surface area (Å²) in [6, 6.07) is 4.80. The van der Waals surface area contributed by atoms with Gasteiger partial charge in [0.05, 0.1) is 24.7 Å². The van der Waals surface area contributed by atoms with E-state index in [1.165, 1.54) is 4.31 Å². The molecule has 0 bridgehead atoms. The van der Waals surface area contributed by atoms with Crippen molar-refractivity contribution >= 4 is 15.9 Å². The standard InChI is InChI=1S/C20H31N3O5S/c1-3-22(4-2)20(24)16-21-9-5-10-23(12-11-21)29(25,26)17-7-8-18-19(15-17)28-14-6-13-27-18/h7-8,15H,3-6,9-14,16H2,1-2H3. The highest BCUT2D eigenvalue weighted by atomic mass is 32.2. The molecule has 0 aromatic heterocycles. The molecule has 2 heterocycles. The number of carbonyl (C=O) groups is 1. The van der Waals surface area contributed by atoms with Crippen LogP contribution in [0.15, 0.2) is 23.1 Å². The van der Waals surface area contributed by atoms with Crippen molar-refractivity contribution in [3.63, 3.8) is 0 Å². The van der Waals surface area contributed by atoms with Gasteiger partial charge >= 0.3 is 0 Å². The number of fused-ring (bicyclic) bond motifs is 1. The van der Waals surface area contributed by atoms with Crippen LogP contribution < -0.4 is 9.47 Å². The number of carbonyl (C=O) groups excluding carboxylic acids is 1. The molecule has 1 aromatic rings. The van der Waals surface area contributed by atoms with E-state index in [-0.39, 0.29) is 10.8 Å². The highest BCUT2D eigenvalue weighted by Gasteiger charge is 2.29. The first-order valence-electron chi connectivity index (χ1n) is 10.4. The molecule has 0 atom stereocenters. The molecular formula is C20H31N3O5S. The highest BCUT2D eigenvalue weighted by molar-refractivity contribution is 7.89. The highest BCUT2D eigenvalue weighted by Crippen LogP contribution is 2.33. The molecular weight excluding hydrogens is 394 g/mol. The Morgan fingerprint density at radius 2 is 1.72 bits per heavy atom. The van der Waals surface area contributed by atoms with E-state index in [0.717, 1.165) is 6.42 Å². The molecule has 3 rings (SSSR count). The average molecular weight is 426 g/mol. The molecule has 0 saturated carbocycles. The summed E-state index contributed by atoms with van der Waals surface area (Å²) in [4.78, 5) is 16.4. The summed E-state index contributed by atoms with van der Waals surface area (Å²) in [5, 5.41) is 0. The van der Waals surface area contributed by atoms with Crippen LogP contribution in [-0.2, 0) is 14.8 Å². The SMILES string of the molecule is CCN(CC)C(=O)CN1CCCN(S(=O)(=O)c2ccc3c(c2)OCCCO3)CC1. The van der Waals surface area contributed by atoms with E-state index in [9.17, 15) is 13.2 Å². The minimum absolute atomic E-state index is 0.0919. The predicted octanol–water partition coefficient (Wildman–Crippen LogP) is 1.41. The number of amides is 1. The number of likely N-dealkylation sites (N-methyl/N-ethyl adjacent to an activating group) is 1. The maximum Gasteiger partial charge on any atom is 0.243 e. The van der Waals surface area contributed by atoms with Gasteiger partial charge in [-0.1, -0.05) is 0 Å². The Bertz CT molecular complexity index is 810. The summed E-state index contributed by atoms with van der Waals surface area (Å²) in [6.07, 6.45) is 1.46. The summed E-state index contributed by atoms with van der Waals surface area (Å²) in [6.45, 7) is 8.76. The zero-order valence-electron chi connectivity index (χ0n) is 17.3. The zero-order chi connectivity index (χ0) is 20.9. The van der Waals surface area contributed by atoms with E-state index in [1.807, 2.05) is 18.7 Å². The second-order valence-corrected chi connectivity index (χ2v) is 9.20. The monoisotopic (exact) mass is 425 g/mol. The van der Waals surface area contributed by atoms with E-state index in [2.05, 4.69) is 0 Å². The molecule has 1 amide bonds. The van der Waals surface area contributed by atoms with Crippen molar-refractivity contribution < 1.29 is 22.7 Å². The third kappa shape index (κ3) is 5.21. The van der Waals surface area contributed by atoms with Crippen LogP contribution in [0.25, 0.3) is 0 Å². The van der Waals surface area contributed by atoms with Gasteiger partial charge in [-0.3, -0.25) is 9.69 Å². The molecule has 29 heavy (non-hydrogen) atoms. The van der Waals surface area contributed by atoms with E-state index < -0.39 is 10.0 Å². The zero-order valence-corrected chi connectivity index (χ0v) is 18.1. The minimum Gasteiger partial charge on any atom is -0.490 e. The van der Waals surface area contributed by atoms with Crippen molar-refractivity contribution in [2.45, 2.75) is 31.6 Å². The average Bonchev–Trinajstić information content (AvgIpc) is 3.09. The quantitative estimate of drug-likeness (QED) is 0.686. The Balaban J connectivity index is 1.67. The van der Waals surface area contributed by atoms with Gasteiger partial charge in [-0.05, 0) is 38.9 Å². The Hall–Kier alpha value is -1.84. The molecule has 0 N–H and O–H groups in total. The van der Waals surface area contributed by atoms with Crippen LogP contribution in [0, 0.1) is 0 Å². The van der Waals surface area contributed by atoms with Gasteiger partial charge in [-0.2, -0.15) is 4.31 Å². The van der Waals surface area contributed by atoms with E-state index in [4.69, 9.17) is 9.47 Å². The van der Waals surface area contributed by atoms with E-state index >= 15 is 0 Å². The number of rotatable bonds is 6. The first kappa shape index (κ1) is 21.9. The van der Waals surface area contributed by atoms with Crippen LogP contribution in [0.5, 0.6) is 11.5 Å². The van der Waals surface area contributed by atoms with Gasteiger partial charge in [0.2, 0.25) is 15.9 Å². The number of benzene rings is 1. The molecule has 9 heteroatoms. The number of ether oxygens (including phenoxy) is 2. The lowest BCUT2D eigenvalue weighted by Crippen LogP contribution is -2.42. The second-order valence-electron chi connectivity index (χ2n) is 7.26. The summed E-state index contributed by atoms with van der Waals surface area (Å²) >= 11 is 0. The van der Waals surface area contributed by atoms with Crippen molar-refractivity contribution in [1.29, 1.82) is 0 Å². The van der Waals surface area contributed by atoms with E-state index in [0.29, 0.717) is 76.9 Å². The number of hydrogen-bond donors (Lipinski definition) is 0. The van der Waals surface area contributed by atoms with Gasteiger partial charge in [0.15, 0.2) is 11.5 Å². The van der Waals surface area contributed by atoms with Gasteiger partial charge in [-0.15, -0.1) is 0 Å². The Morgan fingerprint density at radius 1 is 1.00 bits per heavy atom. The van der Waals surface area contributed by atoms with Crippen molar-refractivity contribution in [3.8, 4) is 11.5 Å². The van der Waals surface area contributed by atoms with Gasteiger partial charge in [-0.25, -0.2) is 8.42 Å². The van der Waals surface area contributed by atoms with Crippen molar-refractivity contribution in [1.82, 2.24) is 14.1 Å². The minimum atomic E-state index is -3.63. The third-order valence-corrected chi connectivity index (χ3v) is 7.27. The molecule has 8 nitrogen and oxygen atoms in total. The fourth-order valence-electron chi connectivity index (χ4n) is 3.67. The van der Waals surface area contributed by atoms with Gasteiger partial charge in [0.1, 0.15) is 0 Å². The first-order chi connectivity index (χ1) is 14.0. The topological polar surface area (TPSA) is 79.4 Å². The summed E-state index contributed by atoms with van der Waals surface area (Å²) in [7, 11) is -3.63. The summed E-state index contributed by atoms with van der Waals surface area (Å²) in [5.41, 5.74) is 0. The fourth-order valence-corrected chi connectivity index (χ4v) is 5.15. The maximum atomic E-state index is 13.2. The normalized spacial score (nSPS) is 18.7. The molecule has 2 aliphatic rings. The van der Waals surface area contributed by atoms with Crippen LogP contribution in [0.2, 0.25) is 0 Å². The predicted molar refractivity (Wildman–Crippen MR) is 110 cm³/mol. The first-order valence-corrected chi connectivity index (χ1v) is 11.8. The number of nitrogens with zero attached hydrogens (tertiary/aromatic N) is 3. The van der Waals surface area contributed by atoms with E-state index in [1.54, 1.807) is 23.1 Å². The Labute approximate surface area is 173 Å². The lowest BCUT2D eigenvalue weighted by molar-refractivity contribution is -0.132. The van der Waals surface area contributed by atoms with Gasteiger partial charge < -0.3 is 14.4 Å². The molecule has 2 aliphatic heterocycles. The lowest BCUT2D eigenvalue weighted by Gasteiger charge is -2.25. The molecule has 162 valence electrons. The molecule has 0 spiro atoms. The van der Waals surface area contributed by atoms with Crippen LogP contribution in [-0.4, -0.2) is 87.5 Å². The molecule has 0 radical (unpaired) electrons. The summed E-state index contributed by atoms with van der Waals surface area (Å²) in [5.74, 6) is 1.15. The molecule has 1 aromatic carbocycles. The molecule has 0 unspecified atom stereocenters. The van der Waals surface area contributed by atoms with Crippen molar-refractivity contribution in [2.75, 3.05) is 59.0 Å². The molecule has 1 fully saturated rings. The van der Waals surface area contributed by atoms with Gasteiger partial charge in [0, 0.05) is 45.2 Å². The van der Waals surface area contributed by atoms with Crippen LogP contribution >= 0.6 is 0 Å².